The second-order valence-electron chi connectivity index (χ2n) is 5.13. The van der Waals surface area contributed by atoms with Gasteiger partial charge in [0.25, 0.3) is 5.91 Å². The third-order valence-corrected chi connectivity index (χ3v) is 4.19. The van der Waals surface area contributed by atoms with E-state index in [9.17, 15) is 15.0 Å². The van der Waals surface area contributed by atoms with Gasteiger partial charge in [0.05, 0.1) is 5.54 Å². The Labute approximate surface area is 117 Å². The zero-order chi connectivity index (χ0) is 13.9. The first-order valence-corrected chi connectivity index (χ1v) is 7.00. The molecule has 0 spiro atoms. The van der Waals surface area contributed by atoms with Gasteiger partial charge in [-0.05, 0) is 31.0 Å². The molecule has 0 radical (unpaired) electrons. The highest BCUT2D eigenvalue weighted by molar-refractivity contribution is 6.19. The molecule has 0 atom stereocenters. The van der Waals surface area contributed by atoms with Gasteiger partial charge in [-0.3, -0.25) is 4.79 Å². The molecule has 1 aliphatic carbocycles. The molecule has 4 nitrogen and oxygen atoms in total. The Morgan fingerprint density at radius 2 is 1.89 bits per heavy atom. The van der Waals surface area contributed by atoms with Crippen molar-refractivity contribution >= 4 is 17.5 Å². The molecule has 1 aromatic rings. The van der Waals surface area contributed by atoms with E-state index in [-0.39, 0.29) is 22.9 Å². The van der Waals surface area contributed by atoms with Gasteiger partial charge < -0.3 is 15.5 Å². The summed E-state index contributed by atoms with van der Waals surface area (Å²) in [7, 11) is 0. The second-order valence-corrected chi connectivity index (χ2v) is 5.40. The molecule has 0 unspecified atom stereocenters. The van der Waals surface area contributed by atoms with Crippen molar-refractivity contribution in [2.75, 3.05) is 5.88 Å². The number of benzene rings is 1. The average Bonchev–Trinajstić information content (AvgIpc) is 2.43. The van der Waals surface area contributed by atoms with Crippen LogP contribution in [-0.2, 0) is 0 Å². The van der Waals surface area contributed by atoms with Crippen LogP contribution >= 0.6 is 11.6 Å². The summed E-state index contributed by atoms with van der Waals surface area (Å²) in [4.78, 5) is 12.2. The maximum atomic E-state index is 12.2. The zero-order valence-corrected chi connectivity index (χ0v) is 11.4. The average molecular weight is 284 g/mol. The quantitative estimate of drug-likeness (QED) is 0.590. The molecule has 104 valence electrons. The Morgan fingerprint density at radius 1 is 1.21 bits per heavy atom. The molecule has 2 rings (SSSR count). The summed E-state index contributed by atoms with van der Waals surface area (Å²) < 4.78 is 0. The van der Waals surface area contributed by atoms with E-state index in [0.29, 0.717) is 11.4 Å². The molecule has 5 heteroatoms. The third kappa shape index (κ3) is 3.13. The number of halogens is 1. The minimum Gasteiger partial charge on any atom is -0.504 e. The standard InChI is InChI=1S/C14H18ClNO3/c15-9-14(6-2-1-3-7-14)16-13(19)10-4-5-11(17)12(18)8-10/h4-5,8,17-18H,1-3,6-7,9H2,(H,16,19). The van der Waals surface area contributed by atoms with E-state index in [1.54, 1.807) is 0 Å². The normalized spacial score (nSPS) is 17.9. The molecular formula is C14H18ClNO3. The van der Waals surface area contributed by atoms with Crippen LogP contribution < -0.4 is 5.32 Å². The number of hydrogen-bond acceptors (Lipinski definition) is 3. The minimum atomic E-state index is -0.343. The lowest BCUT2D eigenvalue weighted by Gasteiger charge is -2.36. The fraction of sp³-hybridized carbons (Fsp3) is 0.500. The van der Waals surface area contributed by atoms with Crippen LogP contribution in [-0.4, -0.2) is 27.5 Å². The lowest BCUT2D eigenvalue weighted by atomic mass is 9.83. The number of rotatable bonds is 3. The predicted octanol–water partition coefficient (Wildman–Crippen LogP) is 2.77. The van der Waals surface area contributed by atoms with Gasteiger partial charge in [0, 0.05) is 11.4 Å². The SMILES string of the molecule is O=C(NC1(CCl)CCCCC1)c1ccc(O)c(O)c1. The van der Waals surface area contributed by atoms with Gasteiger partial charge in [-0.1, -0.05) is 19.3 Å². The number of carbonyl (C=O) groups excluding carboxylic acids is 1. The van der Waals surface area contributed by atoms with Crippen LogP contribution in [0.4, 0.5) is 0 Å². The molecule has 3 N–H and O–H groups in total. The van der Waals surface area contributed by atoms with Crippen molar-refractivity contribution in [1.82, 2.24) is 5.32 Å². The van der Waals surface area contributed by atoms with Crippen molar-refractivity contribution in [1.29, 1.82) is 0 Å². The van der Waals surface area contributed by atoms with Gasteiger partial charge in [0.15, 0.2) is 11.5 Å². The van der Waals surface area contributed by atoms with E-state index in [2.05, 4.69) is 5.32 Å². The summed E-state index contributed by atoms with van der Waals surface area (Å²) in [6, 6.07) is 4.04. The van der Waals surface area contributed by atoms with Crippen LogP contribution in [0.25, 0.3) is 0 Å². The number of nitrogens with one attached hydrogen (secondary N) is 1. The van der Waals surface area contributed by atoms with E-state index in [1.165, 1.54) is 24.6 Å². The van der Waals surface area contributed by atoms with E-state index in [0.717, 1.165) is 25.7 Å². The van der Waals surface area contributed by atoms with Crippen molar-refractivity contribution in [3.05, 3.63) is 23.8 Å². The Kier molecular flexibility index (Phi) is 4.20. The summed E-state index contributed by atoms with van der Waals surface area (Å²) in [5.41, 5.74) is -0.0185. The Balaban J connectivity index is 2.12. The summed E-state index contributed by atoms with van der Waals surface area (Å²) >= 11 is 6.02. The summed E-state index contributed by atoms with van der Waals surface area (Å²) in [5, 5.41) is 21.6. The van der Waals surface area contributed by atoms with Crippen molar-refractivity contribution in [3.8, 4) is 11.5 Å². The Hall–Kier alpha value is -1.42. The lowest BCUT2D eigenvalue weighted by molar-refractivity contribution is 0.0884. The summed E-state index contributed by atoms with van der Waals surface area (Å²) in [6.45, 7) is 0. The van der Waals surface area contributed by atoms with Crippen LogP contribution in [0.3, 0.4) is 0 Å². The molecular weight excluding hydrogens is 266 g/mol. The Morgan fingerprint density at radius 3 is 2.47 bits per heavy atom. The van der Waals surface area contributed by atoms with Gasteiger partial charge in [0.1, 0.15) is 0 Å². The van der Waals surface area contributed by atoms with Crippen LogP contribution in [0.1, 0.15) is 42.5 Å². The largest absolute Gasteiger partial charge is 0.504 e. The number of amides is 1. The first kappa shape index (κ1) is 14.0. The zero-order valence-electron chi connectivity index (χ0n) is 10.7. The molecule has 0 aliphatic heterocycles. The minimum absolute atomic E-state index is 0.235. The van der Waals surface area contributed by atoms with Crippen LogP contribution in [0.15, 0.2) is 18.2 Å². The second kappa shape index (κ2) is 5.70. The number of phenols is 2. The fourth-order valence-electron chi connectivity index (χ4n) is 2.50. The van der Waals surface area contributed by atoms with Gasteiger partial charge in [-0.15, -0.1) is 11.6 Å². The van der Waals surface area contributed by atoms with Gasteiger partial charge in [0.2, 0.25) is 0 Å². The molecule has 1 aromatic carbocycles. The van der Waals surface area contributed by atoms with Crippen LogP contribution in [0, 0.1) is 0 Å². The molecule has 1 saturated carbocycles. The molecule has 1 fully saturated rings. The number of alkyl halides is 1. The molecule has 0 aromatic heterocycles. The van der Waals surface area contributed by atoms with Gasteiger partial charge in [-0.2, -0.15) is 0 Å². The molecule has 0 heterocycles. The number of phenolic OH excluding ortho intramolecular Hbond substituents is 2. The van der Waals surface area contributed by atoms with E-state index in [1.807, 2.05) is 0 Å². The van der Waals surface area contributed by atoms with Gasteiger partial charge in [-0.25, -0.2) is 0 Å². The number of carbonyl (C=O) groups is 1. The smallest absolute Gasteiger partial charge is 0.251 e. The van der Waals surface area contributed by atoms with Gasteiger partial charge >= 0.3 is 0 Å². The molecule has 1 aliphatic rings. The van der Waals surface area contributed by atoms with E-state index < -0.39 is 0 Å². The van der Waals surface area contributed by atoms with E-state index in [4.69, 9.17) is 11.6 Å². The predicted molar refractivity (Wildman–Crippen MR) is 73.8 cm³/mol. The lowest BCUT2D eigenvalue weighted by Crippen LogP contribution is -2.51. The topological polar surface area (TPSA) is 69.6 Å². The molecule has 0 bridgehead atoms. The van der Waals surface area contributed by atoms with Crippen LogP contribution in [0.5, 0.6) is 11.5 Å². The first-order valence-electron chi connectivity index (χ1n) is 6.47. The molecule has 0 saturated heterocycles. The molecule has 19 heavy (non-hydrogen) atoms. The van der Waals surface area contributed by atoms with Crippen LogP contribution in [0.2, 0.25) is 0 Å². The number of hydrogen-bond donors (Lipinski definition) is 3. The van der Waals surface area contributed by atoms with Crippen molar-refractivity contribution in [2.45, 2.75) is 37.6 Å². The monoisotopic (exact) mass is 283 g/mol. The fourth-order valence-corrected chi connectivity index (χ4v) is 2.83. The molecule has 1 amide bonds. The maximum absolute atomic E-state index is 12.2. The number of aromatic hydroxyl groups is 2. The van der Waals surface area contributed by atoms with Crippen molar-refractivity contribution < 1.29 is 15.0 Å². The highest BCUT2D eigenvalue weighted by atomic mass is 35.5. The van der Waals surface area contributed by atoms with Crippen molar-refractivity contribution in [3.63, 3.8) is 0 Å². The van der Waals surface area contributed by atoms with E-state index >= 15 is 0 Å². The summed E-state index contributed by atoms with van der Waals surface area (Å²) in [6.07, 6.45) is 5.06. The maximum Gasteiger partial charge on any atom is 0.251 e. The highest BCUT2D eigenvalue weighted by Crippen LogP contribution is 2.30. The van der Waals surface area contributed by atoms with Crippen molar-refractivity contribution in [2.24, 2.45) is 0 Å². The first-order chi connectivity index (χ1) is 9.06. The Bertz CT molecular complexity index is 470. The highest BCUT2D eigenvalue weighted by Gasteiger charge is 2.33. The summed E-state index contributed by atoms with van der Waals surface area (Å²) in [5.74, 6) is -0.404. The third-order valence-electron chi connectivity index (χ3n) is 3.68.